The van der Waals surface area contributed by atoms with Crippen LogP contribution in [0, 0.1) is 6.92 Å². The van der Waals surface area contributed by atoms with Crippen molar-refractivity contribution in [1.29, 1.82) is 0 Å². The lowest BCUT2D eigenvalue weighted by molar-refractivity contribution is 0.0375. The minimum atomic E-state index is -0.452. The van der Waals surface area contributed by atoms with E-state index >= 15 is 0 Å². The van der Waals surface area contributed by atoms with Crippen LogP contribution < -0.4 is 14.2 Å². The highest BCUT2D eigenvalue weighted by molar-refractivity contribution is 5.90. The first kappa shape index (κ1) is 19.4. The average molecular weight is 386 g/mol. The number of fused-ring (bicyclic) bond motifs is 1. The molecule has 9 heteroatoms. The lowest BCUT2D eigenvalue weighted by Gasteiger charge is -2.12. The van der Waals surface area contributed by atoms with E-state index in [1.807, 2.05) is 0 Å². The summed E-state index contributed by atoms with van der Waals surface area (Å²) in [6.45, 7) is 5.34. The predicted molar refractivity (Wildman–Crippen MR) is 101 cm³/mol. The second kappa shape index (κ2) is 7.71. The number of benzene rings is 1. The maximum atomic E-state index is 12.3. The van der Waals surface area contributed by atoms with Gasteiger partial charge >= 0.3 is 5.97 Å². The number of methoxy groups -OCH3 is 3. The summed E-state index contributed by atoms with van der Waals surface area (Å²) in [5, 5.41) is 4.49. The number of carbonyl (C=O) groups is 1. The number of aromatic nitrogens is 4. The standard InChI is InChI=1S/C19H22N4O5/c1-10(2)28-18(24)13-9-20-19-21-17(22-23(19)11(13)3)12-7-14(25-4)16(27-6)15(8-12)26-5/h7-10H,1-6H3. The van der Waals surface area contributed by atoms with E-state index in [9.17, 15) is 4.79 Å². The van der Waals surface area contributed by atoms with Crippen molar-refractivity contribution in [2.24, 2.45) is 0 Å². The second-order valence-corrected chi connectivity index (χ2v) is 6.27. The molecule has 0 atom stereocenters. The zero-order valence-electron chi connectivity index (χ0n) is 16.6. The third-order valence-electron chi connectivity index (χ3n) is 4.09. The van der Waals surface area contributed by atoms with Gasteiger partial charge in [-0.1, -0.05) is 0 Å². The van der Waals surface area contributed by atoms with Gasteiger partial charge in [0.05, 0.1) is 38.7 Å². The van der Waals surface area contributed by atoms with Gasteiger partial charge in [-0.3, -0.25) is 0 Å². The number of nitrogens with zero attached hydrogens (tertiary/aromatic N) is 4. The molecule has 3 rings (SSSR count). The van der Waals surface area contributed by atoms with Crippen molar-refractivity contribution in [3.8, 4) is 28.6 Å². The van der Waals surface area contributed by atoms with Crippen molar-refractivity contribution in [3.05, 3.63) is 29.6 Å². The molecule has 0 fully saturated rings. The summed E-state index contributed by atoms with van der Waals surface area (Å²) in [7, 11) is 4.61. The van der Waals surface area contributed by atoms with Crippen LogP contribution in [0.25, 0.3) is 17.2 Å². The Labute approximate surface area is 162 Å². The molecule has 148 valence electrons. The Morgan fingerprint density at radius 3 is 2.25 bits per heavy atom. The molecule has 0 amide bonds. The van der Waals surface area contributed by atoms with Gasteiger partial charge in [0.1, 0.15) is 0 Å². The molecule has 0 saturated heterocycles. The summed E-state index contributed by atoms with van der Waals surface area (Å²) >= 11 is 0. The van der Waals surface area contributed by atoms with Gasteiger partial charge in [-0.05, 0) is 32.9 Å². The normalized spacial score (nSPS) is 11.0. The topological polar surface area (TPSA) is 97.1 Å². The van der Waals surface area contributed by atoms with Crippen LogP contribution in [0.15, 0.2) is 18.3 Å². The first-order valence-corrected chi connectivity index (χ1v) is 8.63. The van der Waals surface area contributed by atoms with Crippen molar-refractivity contribution in [2.45, 2.75) is 26.9 Å². The van der Waals surface area contributed by atoms with E-state index in [0.717, 1.165) is 0 Å². The molecular weight excluding hydrogens is 364 g/mol. The summed E-state index contributed by atoms with van der Waals surface area (Å²) in [6.07, 6.45) is 1.22. The van der Waals surface area contributed by atoms with Crippen molar-refractivity contribution in [3.63, 3.8) is 0 Å². The predicted octanol–water partition coefficient (Wildman–Crippen LogP) is 2.69. The minimum Gasteiger partial charge on any atom is -0.493 e. The molecule has 0 N–H and O–H groups in total. The number of hydrogen-bond donors (Lipinski definition) is 0. The average Bonchev–Trinajstić information content (AvgIpc) is 3.11. The van der Waals surface area contributed by atoms with E-state index in [1.54, 1.807) is 32.9 Å². The first-order valence-electron chi connectivity index (χ1n) is 8.63. The number of carbonyl (C=O) groups excluding carboxylic acids is 1. The van der Waals surface area contributed by atoms with Crippen LogP contribution in [0.1, 0.15) is 29.9 Å². The van der Waals surface area contributed by atoms with Gasteiger partial charge < -0.3 is 18.9 Å². The van der Waals surface area contributed by atoms with Gasteiger partial charge in [-0.25, -0.2) is 14.3 Å². The van der Waals surface area contributed by atoms with Crippen molar-refractivity contribution in [2.75, 3.05) is 21.3 Å². The Morgan fingerprint density at radius 1 is 1.07 bits per heavy atom. The SMILES string of the molecule is COc1cc(-c2nc3ncc(C(=O)OC(C)C)c(C)n3n2)cc(OC)c1OC. The summed E-state index contributed by atoms with van der Waals surface area (Å²) in [5.74, 6) is 1.77. The van der Waals surface area contributed by atoms with Gasteiger partial charge in [0.25, 0.3) is 5.78 Å². The molecule has 0 aliphatic carbocycles. The molecule has 1 aromatic carbocycles. The number of ether oxygens (including phenoxy) is 4. The Morgan fingerprint density at radius 2 is 1.71 bits per heavy atom. The third kappa shape index (κ3) is 3.42. The highest BCUT2D eigenvalue weighted by Gasteiger charge is 2.20. The van der Waals surface area contributed by atoms with Crippen molar-refractivity contribution in [1.82, 2.24) is 19.6 Å². The molecule has 2 aromatic heterocycles. The fourth-order valence-corrected chi connectivity index (χ4v) is 2.75. The smallest absolute Gasteiger partial charge is 0.341 e. The molecule has 0 unspecified atom stereocenters. The monoisotopic (exact) mass is 386 g/mol. The number of esters is 1. The molecule has 2 heterocycles. The number of rotatable bonds is 6. The van der Waals surface area contributed by atoms with Gasteiger partial charge in [0, 0.05) is 11.8 Å². The molecule has 0 saturated carbocycles. The van der Waals surface area contributed by atoms with Crippen LogP contribution in [0.5, 0.6) is 17.2 Å². The first-order chi connectivity index (χ1) is 13.4. The van der Waals surface area contributed by atoms with E-state index < -0.39 is 5.97 Å². The van der Waals surface area contributed by atoms with Crippen molar-refractivity contribution < 1.29 is 23.7 Å². The fourth-order valence-electron chi connectivity index (χ4n) is 2.75. The molecule has 0 radical (unpaired) electrons. The van der Waals surface area contributed by atoms with Crippen molar-refractivity contribution >= 4 is 11.7 Å². The Kier molecular flexibility index (Phi) is 5.34. The van der Waals surface area contributed by atoms with E-state index in [1.165, 1.54) is 32.0 Å². The van der Waals surface area contributed by atoms with Gasteiger partial charge in [-0.15, -0.1) is 5.10 Å². The van der Waals surface area contributed by atoms with E-state index in [0.29, 0.717) is 45.7 Å². The summed E-state index contributed by atoms with van der Waals surface area (Å²) in [6, 6.07) is 3.50. The maximum Gasteiger partial charge on any atom is 0.341 e. The number of aryl methyl sites for hydroxylation is 1. The molecular formula is C19H22N4O5. The fraction of sp³-hybridized carbons (Fsp3) is 0.368. The highest BCUT2D eigenvalue weighted by atomic mass is 16.5. The summed E-state index contributed by atoms with van der Waals surface area (Å²) in [4.78, 5) is 20.9. The van der Waals surface area contributed by atoms with Crippen LogP contribution in [0.3, 0.4) is 0 Å². The molecule has 0 bridgehead atoms. The molecule has 0 spiro atoms. The van der Waals surface area contributed by atoms with E-state index in [-0.39, 0.29) is 6.10 Å². The van der Waals surface area contributed by atoms with Gasteiger partial charge in [0.2, 0.25) is 5.75 Å². The quantitative estimate of drug-likeness (QED) is 0.597. The number of hydrogen-bond acceptors (Lipinski definition) is 8. The van der Waals surface area contributed by atoms with Crippen LogP contribution in [-0.4, -0.2) is 53.0 Å². The van der Waals surface area contributed by atoms with Crippen LogP contribution in [-0.2, 0) is 4.74 Å². The van der Waals surface area contributed by atoms with Crippen LogP contribution in [0.4, 0.5) is 0 Å². The zero-order valence-corrected chi connectivity index (χ0v) is 16.6. The molecule has 3 aromatic rings. The third-order valence-corrected chi connectivity index (χ3v) is 4.09. The minimum absolute atomic E-state index is 0.229. The molecule has 28 heavy (non-hydrogen) atoms. The molecule has 9 nitrogen and oxygen atoms in total. The second-order valence-electron chi connectivity index (χ2n) is 6.27. The van der Waals surface area contributed by atoms with Gasteiger partial charge in [-0.2, -0.15) is 4.98 Å². The highest BCUT2D eigenvalue weighted by Crippen LogP contribution is 2.40. The Balaban J connectivity index is 2.10. The largest absolute Gasteiger partial charge is 0.493 e. The summed E-state index contributed by atoms with van der Waals surface area (Å²) < 4.78 is 22.9. The van der Waals surface area contributed by atoms with E-state index in [2.05, 4.69) is 15.1 Å². The zero-order chi connectivity index (χ0) is 20.4. The molecule has 0 aliphatic heterocycles. The molecule has 0 aliphatic rings. The van der Waals surface area contributed by atoms with Crippen LogP contribution >= 0.6 is 0 Å². The Bertz CT molecular complexity index is 1000. The van der Waals surface area contributed by atoms with E-state index in [4.69, 9.17) is 18.9 Å². The van der Waals surface area contributed by atoms with Gasteiger partial charge in [0.15, 0.2) is 17.3 Å². The maximum absolute atomic E-state index is 12.3. The lowest BCUT2D eigenvalue weighted by Crippen LogP contribution is -2.15. The van der Waals surface area contributed by atoms with Crippen LogP contribution in [0.2, 0.25) is 0 Å². The Hall–Kier alpha value is -3.36. The summed E-state index contributed by atoms with van der Waals surface area (Å²) in [5.41, 5.74) is 1.58. The lowest BCUT2D eigenvalue weighted by atomic mass is 10.1.